The van der Waals surface area contributed by atoms with E-state index in [0.717, 1.165) is 4.90 Å². The molecule has 2 aliphatic rings. The van der Waals surface area contributed by atoms with Crippen molar-refractivity contribution in [2.75, 3.05) is 31.3 Å². The molecule has 38 heavy (non-hydrogen) atoms. The van der Waals surface area contributed by atoms with Crippen molar-refractivity contribution in [1.82, 2.24) is 0 Å². The van der Waals surface area contributed by atoms with Gasteiger partial charge in [-0.05, 0) is 36.4 Å². The van der Waals surface area contributed by atoms with Crippen LogP contribution in [0.25, 0.3) is 0 Å². The summed E-state index contributed by atoms with van der Waals surface area (Å²) in [5.41, 5.74) is 0.869. The topological polar surface area (TPSA) is 121 Å². The molecule has 3 aromatic carbocycles. The predicted octanol–water partition coefficient (Wildman–Crippen LogP) is 4.33. The molecule has 2 amide bonds. The molecule has 196 valence electrons. The number of nitro benzene ring substituents is 1. The first-order chi connectivity index (χ1) is 18.3. The van der Waals surface area contributed by atoms with Crippen LogP contribution in [0.3, 0.4) is 0 Å². The largest absolute Gasteiger partial charge is 0.493 e. The molecule has 2 fully saturated rings. The zero-order valence-electron chi connectivity index (χ0n) is 20.5. The average molecular weight is 540 g/mol. The van der Waals surface area contributed by atoms with Gasteiger partial charge in [0.05, 0.1) is 37.6 Å². The number of non-ortho nitro benzene ring substituents is 1. The van der Waals surface area contributed by atoms with Gasteiger partial charge < -0.3 is 14.2 Å². The predicted molar refractivity (Wildman–Crippen MR) is 137 cm³/mol. The summed E-state index contributed by atoms with van der Waals surface area (Å²) in [5.74, 6) is -1.19. The van der Waals surface area contributed by atoms with Gasteiger partial charge in [0.1, 0.15) is 12.0 Å². The second-order valence-corrected chi connectivity index (χ2v) is 8.95. The van der Waals surface area contributed by atoms with Crippen LogP contribution in [0.15, 0.2) is 60.7 Å². The number of carbonyl (C=O) groups excluding carboxylic acids is 2. The van der Waals surface area contributed by atoms with Gasteiger partial charge in [0.2, 0.25) is 11.7 Å². The van der Waals surface area contributed by atoms with Crippen molar-refractivity contribution in [3.8, 4) is 17.2 Å². The summed E-state index contributed by atoms with van der Waals surface area (Å²) in [5, 5.41) is 13.2. The van der Waals surface area contributed by atoms with Crippen molar-refractivity contribution in [3.63, 3.8) is 0 Å². The highest BCUT2D eigenvalue weighted by molar-refractivity contribution is 6.31. The van der Waals surface area contributed by atoms with Crippen LogP contribution in [-0.2, 0) is 14.4 Å². The third kappa shape index (κ3) is 3.96. The van der Waals surface area contributed by atoms with Crippen molar-refractivity contribution < 1.29 is 33.6 Å². The van der Waals surface area contributed by atoms with Crippen LogP contribution in [0, 0.1) is 16.0 Å². The molecule has 5 rings (SSSR count). The molecule has 0 radical (unpaired) electrons. The summed E-state index contributed by atoms with van der Waals surface area (Å²) in [6.07, 6.45) is -1.21. The number of hydrogen-bond acceptors (Lipinski definition) is 9. The lowest BCUT2D eigenvalue weighted by atomic mass is 9.89. The molecule has 2 heterocycles. The fourth-order valence-electron chi connectivity index (χ4n) is 4.92. The third-order valence-electron chi connectivity index (χ3n) is 6.53. The normalized spacial score (nSPS) is 20.5. The molecule has 0 bridgehead atoms. The van der Waals surface area contributed by atoms with E-state index in [2.05, 4.69) is 0 Å². The van der Waals surface area contributed by atoms with E-state index < -0.39 is 34.8 Å². The summed E-state index contributed by atoms with van der Waals surface area (Å²) in [7, 11) is 4.36. The van der Waals surface area contributed by atoms with Gasteiger partial charge in [0.15, 0.2) is 17.6 Å². The van der Waals surface area contributed by atoms with E-state index in [-0.39, 0.29) is 22.9 Å². The lowest BCUT2D eigenvalue weighted by Crippen LogP contribution is -2.37. The molecule has 12 heteroatoms. The average Bonchev–Trinajstić information content (AvgIpc) is 3.43. The quantitative estimate of drug-likeness (QED) is 0.245. The standard InChI is InChI=1S/C26H22ClN3O8/c1-35-19-11-10-18(22(36-2)23(19)37-3)21-20-24(38-29(21)16-8-5-9-17(13-16)30(33)34)26(32)28(25(20)31)15-7-4-6-14(27)12-15/h4-13,20-21,24H,1-3H3/t20-,21+,24+/m0/s1. The van der Waals surface area contributed by atoms with Crippen LogP contribution in [-0.4, -0.2) is 44.2 Å². The number of methoxy groups -OCH3 is 3. The Balaban J connectivity index is 1.68. The minimum Gasteiger partial charge on any atom is -0.493 e. The molecule has 0 saturated carbocycles. The molecular weight excluding hydrogens is 518 g/mol. The maximum atomic E-state index is 13.9. The van der Waals surface area contributed by atoms with E-state index >= 15 is 0 Å². The fourth-order valence-corrected chi connectivity index (χ4v) is 5.11. The molecule has 11 nitrogen and oxygen atoms in total. The monoisotopic (exact) mass is 539 g/mol. The van der Waals surface area contributed by atoms with Crippen molar-refractivity contribution in [3.05, 3.63) is 81.4 Å². The first-order valence-electron chi connectivity index (χ1n) is 11.4. The fraction of sp³-hybridized carbons (Fsp3) is 0.231. The van der Waals surface area contributed by atoms with Gasteiger partial charge in [0.25, 0.3) is 11.6 Å². The second kappa shape index (κ2) is 9.84. The number of fused-ring (bicyclic) bond motifs is 1. The lowest BCUT2D eigenvalue weighted by Gasteiger charge is -2.30. The molecule has 0 unspecified atom stereocenters. The van der Waals surface area contributed by atoms with Crippen LogP contribution >= 0.6 is 11.6 Å². The number of imide groups is 1. The van der Waals surface area contributed by atoms with E-state index in [1.54, 1.807) is 36.4 Å². The third-order valence-corrected chi connectivity index (χ3v) is 6.77. The van der Waals surface area contributed by atoms with Crippen molar-refractivity contribution in [2.45, 2.75) is 12.1 Å². The molecule has 0 N–H and O–H groups in total. The minimum absolute atomic E-state index is 0.181. The molecule has 0 spiro atoms. The van der Waals surface area contributed by atoms with Gasteiger partial charge in [-0.2, -0.15) is 0 Å². The summed E-state index contributed by atoms with van der Waals surface area (Å²) in [4.78, 5) is 45.5. The van der Waals surface area contributed by atoms with Gasteiger partial charge >= 0.3 is 0 Å². The SMILES string of the molecule is COc1ccc([C@@H]2[C@@H]3C(=O)N(c4cccc(Cl)c4)C(=O)[C@@H]3ON2c2cccc([N+](=O)[O-])c2)c(OC)c1OC. The summed E-state index contributed by atoms with van der Waals surface area (Å²) >= 11 is 6.12. The smallest absolute Gasteiger partial charge is 0.271 e. The molecule has 2 saturated heterocycles. The number of hydroxylamine groups is 1. The van der Waals surface area contributed by atoms with Crippen LogP contribution in [0.5, 0.6) is 17.2 Å². The molecule has 0 aliphatic carbocycles. The van der Waals surface area contributed by atoms with E-state index in [1.807, 2.05) is 0 Å². The van der Waals surface area contributed by atoms with Crippen LogP contribution in [0.2, 0.25) is 5.02 Å². The Kier molecular flexibility index (Phi) is 6.55. The summed E-state index contributed by atoms with van der Waals surface area (Å²) in [6.45, 7) is 0. The number of benzene rings is 3. The first-order valence-corrected chi connectivity index (χ1v) is 11.8. The highest BCUT2D eigenvalue weighted by Gasteiger charge is 2.61. The summed E-state index contributed by atoms with van der Waals surface area (Å²) < 4.78 is 16.6. The van der Waals surface area contributed by atoms with E-state index in [0.29, 0.717) is 22.0 Å². The highest BCUT2D eigenvalue weighted by Crippen LogP contribution is 2.53. The molecular formula is C26H22ClN3O8. The van der Waals surface area contributed by atoms with Crippen molar-refractivity contribution in [2.24, 2.45) is 5.92 Å². The highest BCUT2D eigenvalue weighted by atomic mass is 35.5. The number of rotatable bonds is 7. The van der Waals surface area contributed by atoms with Crippen LogP contribution < -0.4 is 24.2 Å². The van der Waals surface area contributed by atoms with E-state index in [4.69, 9.17) is 30.6 Å². The Hall–Kier alpha value is -4.35. The number of carbonyl (C=O) groups is 2. The Labute approximate surface area is 222 Å². The van der Waals surface area contributed by atoms with Gasteiger partial charge in [-0.3, -0.25) is 24.5 Å². The van der Waals surface area contributed by atoms with E-state index in [1.165, 1.54) is 50.7 Å². The van der Waals surface area contributed by atoms with Crippen LogP contribution in [0.4, 0.5) is 17.1 Å². The first kappa shape index (κ1) is 25.3. The Bertz CT molecular complexity index is 1450. The molecule has 0 aromatic heterocycles. The number of nitrogens with zero attached hydrogens (tertiary/aromatic N) is 3. The van der Waals surface area contributed by atoms with Gasteiger partial charge in [-0.25, -0.2) is 9.96 Å². The van der Waals surface area contributed by atoms with Gasteiger partial charge in [0, 0.05) is 22.7 Å². The number of hydrogen-bond donors (Lipinski definition) is 0. The maximum absolute atomic E-state index is 13.9. The lowest BCUT2D eigenvalue weighted by molar-refractivity contribution is -0.384. The molecule has 3 aromatic rings. The number of nitro groups is 1. The van der Waals surface area contributed by atoms with Crippen LogP contribution in [0.1, 0.15) is 11.6 Å². The zero-order chi connectivity index (χ0) is 27.1. The zero-order valence-corrected chi connectivity index (χ0v) is 21.2. The Morgan fingerprint density at radius 1 is 0.895 bits per heavy atom. The minimum atomic E-state index is -1.21. The number of anilines is 2. The van der Waals surface area contributed by atoms with Gasteiger partial charge in [-0.15, -0.1) is 0 Å². The number of halogens is 1. The number of ether oxygens (including phenoxy) is 3. The maximum Gasteiger partial charge on any atom is 0.271 e. The van der Waals surface area contributed by atoms with E-state index in [9.17, 15) is 19.7 Å². The molecule has 2 aliphatic heterocycles. The second-order valence-electron chi connectivity index (χ2n) is 8.51. The van der Waals surface area contributed by atoms with Crippen molar-refractivity contribution >= 4 is 40.5 Å². The summed E-state index contributed by atoms with van der Waals surface area (Å²) in [6, 6.07) is 14.5. The molecule has 3 atom stereocenters. The van der Waals surface area contributed by atoms with Crippen molar-refractivity contribution in [1.29, 1.82) is 0 Å². The Morgan fingerprint density at radius 2 is 1.61 bits per heavy atom. The number of amides is 2. The van der Waals surface area contributed by atoms with Gasteiger partial charge in [-0.1, -0.05) is 23.7 Å². The Morgan fingerprint density at radius 3 is 2.26 bits per heavy atom.